The maximum absolute atomic E-state index is 5.55. The summed E-state index contributed by atoms with van der Waals surface area (Å²) < 4.78 is 0. The van der Waals surface area contributed by atoms with Crippen LogP contribution in [0, 0.1) is 0 Å². The summed E-state index contributed by atoms with van der Waals surface area (Å²) in [4.78, 5) is 0. The summed E-state index contributed by atoms with van der Waals surface area (Å²) in [6.07, 6.45) is 3.48. The van der Waals surface area contributed by atoms with Crippen molar-refractivity contribution in [1.82, 2.24) is 0 Å². The van der Waals surface area contributed by atoms with E-state index in [1.165, 1.54) is 6.42 Å². The smallest absolute Gasteiger partial charge is 0.0192 e. The Morgan fingerprint density at radius 1 is 1.00 bits per heavy atom. The predicted octanol–water partition coefficient (Wildman–Crippen LogP) is -0.175. The molecule has 1 unspecified atom stereocenters. The highest BCUT2D eigenvalue weighted by Gasteiger charge is 2.18. The van der Waals surface area contributed by atoms with Crippen molar-refractivity contribution in [3.8, 4) is 0 Å². The van der Waals surface area contributed by atoms with Gasteiger partial charge in [0.25, 0.3) is 0 Å². The Labute approximate surface area is 43.9 Å². The lowest BCUT2D eigenvalue weighted by molar-refractivity contribution is 0.603. The molecule has 0 heterocycles. The molecule has 0 aromatic rings. The molecule has 1 aliphatic rings. The van der Waals surface area contributed by atoms with Gasteiger partial charge >= 0.3 is 0 Å². The van der Waals surface area contributed by atoms with Gasteiger partial charge in [-0.2, -0.15) is 0 Å². The molecule has 1 fully saturated rings. The van der Waals surface area contributed by atoms with Crippen LogP contribution in [0.15, 0.2) is 0 Å². The zero-order chi connectivity index (χ0) is 5.28. The molecule has 1 saturated carbocycles. The van der Waals surface area contributed by atoms with Gasteiger partial charge in [-0.15, -0.1) is 0 Å². The molecule has 2 nitrogen and oxygen atoms in total. The summed E-state index contributed by atoms with van der Waals surface area (Å²) in [5.41, 5.74) is 11.1. The van der Waals surface area contributed by atoms with Gasteiger partial charge < -0.3 is 11.5 Å². The molecule has 0 bridgehead atoms. The Morgan fingerprint density at radius 2 is 1.43 bits per heavy atom. The SMILES string of the molecule is NC1CCC[C@@H]1N. The minimum atomic E-state index is 0.292. The van der Waals surface area contributed by atoms with E-state index in [4.69, 9.17) is 11.5 Å². The molecule has 0 aromatic carbocycles. The van der Waals surface area contributed by atoms with Crippen LogP contribution in [0.4, 0.5) is 0 Å². The number of hydrogen-bond donors (Lipinski definition) is 2. The molecule has 0 amide bonds. The zero-order valence-electron chi connectivity index (χ0n) is 4.43. The van der Waals surface area contributed by atoms with Crippen LogP contribution in [0.5, 0.6) is 0 Å². The average Bonchev–Trinajstić information content (AvgIpc) is 1.91. The van der Waals surface area contributed by atoms with E-state index in [1.807, 2.05) is 0 Å². The fraction of sp³-hybridized carbons (Fsp3) is 1.00. The molecule has 0 saturated heterocycles. The van der Waals surface area contributed by atoms with Crippen LogP contribution in [0.25, 0.3) is 0 Å². The van der Waals surface area contributed by atoms with Gasteiger partial charge in [-0.25, -0.2) is 0 Å². The lowest BCUT2D eigenvalue weighted by Crippen LogP contribution is -2.35. The van der Waals surface area contributed by atoms with E-state index in [0.29, 0.717) is 12.1 Å². The monoisotopic (exact) mass is 100 g/mol. The summed E-state index contributed by atoms with van der Waals surface area (Å²) in [7, 11) is 0. The van der Waals surface area contributed by atoms with Gasteiger partial charge in [0, 0.05) is 12.1 Å². The Morgan fingerprint density at radius 3 is 1.57 bits per heavy atom. The molecule has 0 aromatic heterocycles. The first-order valence-electron chi connectivity index (χ1n) is 2.82. The molecule has 0 spiro atoms. The molecule has 4 N–H and O–H groups in total. The van der Waals surface area contributed by atoms with Crippen molar-refractivity contribution >= 4 is 0 Å². The van der Waals surface area contributed by atoms with E-state index in [1.54, 1.807) is 0 Å². The maximum Gasteiger partial charge on any atom is 0.0192 e. The van der Waals surface area contributed by atoms with Gasteiger partial charge in [0.05, 0.1) is 0 Å². The summed E-state index contributed by atoms with van der Waals surface area (Å²) in [6.45, 7) is 0. The van der Waals surface area contributed by atoms with Gasteiger partial charge in [-0.05, 0) is 12.8 Å². The van der Waals surface area contributed by atoms with Crippen LogP contribution < -0.4 is 11.5 Å². The van der Waals surface area contributed by atoms with E-state index in [-0.39, 0.29) is 0 Å². The second-order valence-electron chi connectivity index (χ2n) is 2.26. The van der Waals surface area contributed by atoms with Gasteiger partial charge in [0.2, 0.25) is 0 Å². The zero-order valence-corrected chi connectivity index (χ0v) is 4.43. The van der Waals surface area contributed by atoms with Crippen molar-refractivity contribution in [2.45, 2.75) is 31.3 Å². The highest BCUT2D eigenvalue weighted by Crippen LogP contribution is 2.13. The quantitative estimate of drug-likeness (QED) is 0.444. The summed E-state index contributed by atoms with van der Waals surface area (Å²) in [6, 6.07) is 0.583. The lowest BCUT2D eigenvalue weighted by atomic mass is 10.2. The third kappa shape index (κ3) is 0.924. The molecule has 7 heavy (non-hydrogen) atoms. The van der Waals surface area contributed by atoms with Crippen LogP contribution >= 0.6 is 0 Å². The molecular formula is C5H12N2. The van der Waals surface area contributed by atoms with Crippen molar-refractivity contribution in [1.29, 1.82) is 0 Å². The Bertz CT molecular complexity index is 55.1. The second-order valence-corrected chi connectivity index (χ2v) is 2.26. The topological polar surface area (TPSA) is 52.0 Å². The van der Waals surface area contributed by atoms with Gasteiger partial charge in [0.15, 0.2) is 0 Å². The lowest BCUT2D eigenvalue weighted by Gasteiger charge is -2.05. The van der Waals surface area contributed by atoms with Crippen molar-refractivity contribution in [3.63, 3.8) is 0 Å². The molecular weight excluding hydrogens is 88.1 g/mol. The number of hydrogen-bond acceptors (Lipinski definition) is 2. The van der Waals surface area contributed by atoms with Gasteiger partial charge in [0.1, 0.15) is 0 Å². The van der Waals surface area contributed by atoms with E-state index < -0.39 is 0 Å². The Balaban J connectivity index is 2.33. The van der Waals surface area contributed by atoms with Gasteiger partial charge in [-0.1, -0.05) is 6.42 Å². The predicted molar refractivity (Wildman–Crippen MR) is 29.8 cm³/mol. The molecule has 1 aliphatic carbocycles. The standard InChI is InChI=1S/C5H12N2/c6-4-2-1-3-5(4)7/h4-5H,1-3,6-7H2/t4-,5?/m0/s1. The number of rotatable bonds is 0. The number of nitrogens with two attached hydrogens (primary N) is 2. The molecule has 2 heteroatoms. The highest BCUT2D eigenvalue weighted by molar-refractivity contribution is 4.82. The Hall–Kier alpha value is -0.0800. The van der Waals surface area contributed by atoms with E-state index in [0.717, 1.165) is 12.8 Å². The Kier molecular flexibility index (Phi) is 1.30. The third-order valence-electron chi connectivity index (χ3n) is 1.62. The van der Waals surface area contributed by atoms with Crippen LogP contribution in [-0.2, 0) is 0 Å². The molecule has 0 radical (unpaired) electrons. The van der Waals surface area contributed by atoms with Crippen molar-refractivity contribution in [2.75, 3.05) is 0 Å². The first-order valence-corrected chi connectivity index (χ1v) is 2.82. The molecule has 2 atom stereocenters. The first kappa shape index (κ1) is 5.06. The largest absolute Gasteiger partial charge is 0.326 e. The van der Waals surface area contributed by atoms with Crippen molar-refractivity contribution < 1.29 is 0 Å². The van der Waals surface area contributed by atoms with Crippen LogP contribution in [0.2, 0.25) is 0 Å². The summed E-state index contributed by atoms with van der Waals surface area (Å²) >= 11 is 0. The van der Waals surface area contributed by atoms with Crippen LogP contribution in [0.1, 0.15) is 19.3 Å². The van der Waals surface area contributed by atoms with Crippen LogP contribution in [0.3, 0.4) is 0 Å². The van der Waals surface area contributed by atoms with E-state index in [2.05, 4.69) is 0 Å². The summed E-state index contributed by atoms with van der Waals surface area (Å²) in [5.74, 6) is 0. The van der Waals surface area contributed by atoms with E-state index >= 15 is 0 Å². The van der Waals surface area contributed by atoms with Crippen molar-refractivity contribution in [3.05, 3.63) is 0 Å². The first-order chi connectivity index (χ1) is 3.30. The minimum absolute atomic E-state index is 0.292. The molecule has 0 aliphatic heterocycles. The molecule has 1 rings (SSSR count). The second kappa shape index (κ2) is 1.80. The average molecular weight is 100 g/mol. The highest BCUT2D eigenvalue weighted by atomic mass is 14.8. The maximum atomic E-state index is 5.55. The third-order valence-corrected chi connectivity index (χ3v) is 1.62. The molecule has 42 valence electrons. The van der Waals surface area contributed by atoms with E-state index in [9.17, 15) is 0 Å². The van der Waals surface area contributed by atoms with Crippen LogP contribution in [-0.4, -0.2) is 12.1 Å². The fourth-order valence-corrected chi connectivity index (χ4v) is 1.02. The fourth-order valence-electron chi connectivity index (χ4n) is 1.02. The summed E-state index contributed by atoms with van der Waals surface area (Å²) in [5, 5.41) is 0. The van der Waals surface area contributed by atoms with Crippen molar-refractivity contribution in [2.24, 2.45) is 11.5 Å². The normalized spacial score (nSPS) is 42.0. The van der Waals surface area contributed by atoms with Gasteiger partial charge in [-0.3, -0.25) is 0 Å². The minimum Gasteiger partial charge on any atom is -0.326 e.